The second kappa shape index (κ2) is 6.31. The first-order valence-corrected chi connectivity index (χ1v) is 7.47. The van der Waals surface area contributed by atoms with E-state index in [4.69, 9.17) is 9.47 Å². The summed E-state index contributed by atoms with van der Waals surface area (Å²) in [6.07, 6.45) is 3.65. The lowest BCUT2D eigenvalue weighted by molar-refractivity contribution is 0.181. The van der Waals surface area contributed by atoms with E-state index in [1.54, 1.807) is 0 Å². The average Bonchev–Trinajstić information content (AvgIpc) is 2.74. The van der Waals surface area contributed by atoms with E-state index >= 15 is 0 Å². The molecule has 0 radical (unpaired) electrons. The largest absolute Gasteiger partial charge is 0.493 e. The SMILES string of the molecule is CC(C)CC(C)CC(C)Oc1ccc2c(c1)OCC2. The molecule has 0 aromatic heterocycles. The lowest BCUT2D eigenvalue weighted by Crippen LogP contribution is -2.16. The number of hydrogen-bond donors (Lipinski definition) is 0. The van der Waals surface area contributed by atoms with E-state index in [0.717, 1.165) is 36.9 Å². The fourth-order valence-electron chi connectivity index (χ4n) is 2.97. The molecule has 0 aliphatic carbocycles. The van der Waals surface area contributed by atoms with E-state index in [0.29, 0.717) is 5.92 Å². The Morgan fingerprint density at radius 1 is 1.16 bits per heavy atom. The second-order valence-electron chi connectivity index (χ2n) is 6.27. The molecule has 0 fully saturated rings. The Morgan fingerprint density at radius 2 is 1.95 bits per heavy atom. The summed E-state index contributed by atoms with van der Waals surface area (Å²) in [5, 5.41) is 0. The first-order chi connectivity index (χ1) is 9.04. The maximum atomic E-state index is 6.01. The number of hydrogen-bond acceptors (Lipinski definition) is 2. The zero-order valence-electron chi connectivity index (χ0n) is 12.6. The van der Waals surface area contributed by atoms with Crippen molar-refractivity contribution in [2.24, 2.45) is 11.8 Å². The monoisotopic (exact) mass is 262 g/mol. The number of ether oxygens (including phenoxy) is 2. The van der Waals surface area contributed by atoms with Gasteiger partial charge in [0.25, 0.3) is 0 Å². The minimum Gasteiger partial charge on any atom is -0.493 e. The topological polar surface area (TPSA) is 18.5 Å². The van der Waals surface area contributed by atoms with Gasteiger partial charge in [0, 0.05) is 12.5 Å². The first kappa shape index (κ1) is 14.2. The maximum Gasteiger partial charge on any atom is 0.126 e. The highest BCUT2D eigenvalue weighted by Crippen LogP contribution is 2.30. The number of benzene rings is 1. The minimum absolute atomic E-state index is 0.258. The maximum absolute atomic E-state index is 6.01. The summed E-state index contributed by atoms with van der Waals surface area (Å²) in [4.78, 5) is 0. The Balaban J connectivity index is 1.86. The van der Waals surface area contributed by atoms with E-state index < -0.39 is 0 Å². The highest BCUT2D eigenvalue weighted by atomic mass is 16.5. The van der Waals surface area contributed by atoms with Gasteiger partial charge in [-0.1, -0.05) is 26.8 Å². The van der Waals surface area contributed by atoms with E-state index in [-0.39, 0.29) is 6.10 Å². The molecule has 2 unspecified atom stereocenters. The van der Waals surface area contributed by atoms with Gasteiger partial charge in [0.15, 0.2) is 0 Å². The predicted octanol–water partition coefficient (Wildman–Crippen LogP) is 4.46. The van der Waals surface area contributed by atoms with Crippen molar-refractivity contribution in [2.75, 3.05) is 6.61 Å². The highest BCUT2D eigenvalue weighted by molar-refractivity contribution is 5.42. The van der Waals surface area contributed by atoms with Gasteiger partial charge in [-0.3, -0.25) is 0 Å². The van der Waals surface area contributed by atoms with Crippen LogP contribution in [0.3, 0.4) is 0 Å². The Bertz CT molecular complexity index is 412. The third kappa shape index (κ3) is 4.15. The molecule has 2 atom stereocenters. The van der Waals surface area contributed by atoms with Crippen molar-refractivity contribution in [1.29, 1.82) is 0 Å². The quantitative estimate of drug-likeness (QED) is 0.753. The van der Waals surface area contributed by atoms with Crippen LogP contribution in [0.4, 0.5) is 0 Å². The van der Waals surface area contributed by atoms with Crippen LogP contribution in [0.2, 0.25) is 0 Å². The third-order valence-corrected chi connectivity index (χ3v) is 3.61. The molecule has 0 N–H and O–H groups in total. The molecule has 0 bridgehead atoms. The van der Waals surface area contributed by atoms with Gasteiger partial charge in [0.2, 0.25) is 0 Å². The molecule has 2 heteroatoms. The van der Waals surface area contributed by atoms with Crippen LogP contribution in [0.25, 0.3) is 0 Å². The summed E-state index contributed by atoms with van der Waals surface area (Å²) in [7, 11) is 0. The fraction of sp³-hybridized carbons (Fsp3) is 0.647. The van der Waals surface area contributed by atoms with Gasteiger partial charge in [0.05, 0.1) is 12.7 Å². The summed E-state index contributed by atoms with van der Waals surface area (Å²) < 4.78 is 11.6. The summed E-state index contributed by atoms with van der Waals surface area (Å²) in [5.74, 6) is 3.40. The Labute approximate surface area is 117 Å². The molecule has 1 aliphatic rings. The Hall–Kier alpha value is -1.18. The summed E-state index contributed by atoms with van der Waals surface area (Å²) >= 11 is 0. The number of fused-ring (bicyclic) bond motifs is 1. The molecule has 106 valence electrons. The van der Waals surface area contributed by atoms with Gasteiger partial charge >= 0.3 is 0 Å². The van der Waals surface area contributed by atoms with Crippen LogP contribution in [-0.2, 0) is 6.42 Å². The summed E-state index contributed by atoms with van der Waals surface area (Å²) in [6, 6.07) is 6.23. The molecule has 1 aromatic rings. The summed E-state index contributed by atoms with van der Waals surface area (Å²) in [5.41, 5.74) is 1.30. The van der Waals surface area contributed by atoms with Crippen molar-refractivity contribution >= 4 is 0 Å². The van der Waals surface area contributed by atoms with E-state index in [1.165, 1.54) is 12.0 Å². The molecule has 19 heavy (non-hydrogen) atoms. The zero-order valence-corrected chi connectivity index (χ0v) is 12.6. The third-order valence-electron chi connectivity index (χ3n) is 3.61. The van der Waals surface area contributed by atoms with Gasteiger partial charge in [-0.05, 0) is 43.2 Å². The van der Waals surface area contributed by atoms with Gasteiger partial charge in [-0.2, -0.15) is 0 Å². The average molecular weight is 262 g/mol. The number of rotatable bonds is 6. The highest BCUT2D eigenvalue weighted by Gasteiger charge is 2.15. The van der Waals surface area contributed by atoms with Crippen molar-refractivity contribution in [3.8, 4) is 11.5 Å². The van der Waals surface area contributed by atoms with E-state index in [1.807, 2.05) is 6.07 Å². The molecule has 0 saturated heterocycles. The van der Waals surface area contributed by atoms with Crippen molar-refractivity contribution in [3.05, 3.63) is 23.8 Å². The van der Waals surface area contributed by atoms with Crippen LogP contribution in [-0.4, -0.2) is 12.7 Å². The zero-order chi connectivity index (χ0) is 13.8. The van der Waals surface area contributed by atoms with Gasteiger partial charge < -0.3 is 9.47 Å². The standard InChI is InChI=1S/C17H26O2/c1-12(2)9-13(3)10-14(4)19-16-6-5-15-7-8-18-17(15)11-16/h5-6,11-14H,7-10H2,1-4H3. The normalized spacial score (nSPS) is 16.9. The predicted molar refractivity (Wildman–Crippen MR) is 79.0 cm³/mol. The van der Waals surface area contributed by atoms with Gasteiger partial charge in [-0.25, -0.2) is 0 Å². The minimum atomic E-state index is 0.258. The fourth-order valence-corrected chi connectivity index (χ4v) is 2.97. The van der Waals surface area contributed by atoms with Crippen molar-refractivity contribution in [1.82, 2.24) is 0 Å². The molecule has 0 spiro atoms. The van der Waals surface area contributed by atoms with Gasteiger partial charge in [-0.15, -0.1) is 0 Å². The Morgan fingerprint density at radius 3 is 2.68 bits per heavy atom. The molecular formula is C17H26O2. The molecule has 0 saturated carbocycles. The van der Waals surface area contributed by atoms with Crippen LogP contribution >= 0.6 is 0 Å². The van der Waals surface area contributed by atoms with Crippen molar-refractivity contribution < 1.29 is 9.47 Å². The van der Waals surface area contributed by atoms with Gasteiger partial charge in [0.1, 0.15) is 11.5 Å². The molecule has 1 aliphatic heterocycles. The van der Waals surface area contributed by atoms with Crippen LogP contribution in [0.5, 0.6) is 11.5 Å². The molecule has 1 heterocycles. The lowest BCUT2D eigenvalue weighted by atomic mass is 9.94. The molecule has 1 aromatic carbocycles. The molecule has 0 amide bonds. The lowest BCUT2D eigenvalue weighted by Gasteiger charge is -2.20. The second-order valence-corrected chi connectivity index (χ2v) is 6.27. The van der Waals surface area contributed by atoms with Crippen LogP contribution in [0.15, 0.2) is 18.2 Å². The smallest absolute Gasteiger partial charge is 0.126 e. The molecular weight excluding hydrogens is 236 g/mol. The Kier molecular flexibility index (Phi) is 4.73. The van der Waals surface area contributed by atoms with Crippen LogP contribution < -0.4 is 9.47 Å². The molecule has 2 rings (SSSR count). The van der Waals surface area contributed by atoms with Crippen molar-refractivity contribution in [3.63, 3.8) is 0 Å². The first-order valence-electron chi connectivity index (χ1n) is 7.47. The van der Waals surface area contributed by atoms with Crippen LogP contribution in [0.1, 0.15) is 46.1 Å². The van der Waals surface area contributed by atoms with Crippen LogP contribution in [0, 0.1) is 11.8 Å². The van der Waals surface area contributed by atoms with E-state index in [9.17, 15) is 0 Å². The molecule has 2 nitrogen and oxygen atoms in total. The van der Waals surface area contributed by atoms with Crippen molar-refractivity contribution in [2.45, 2.75) is 53.1 Å². The summed E-state index contributed by atoms with van der Waals surface area (Å²) in [6.45, 7) is 9.83. The van der Waals surface area contributed by atoms with E-state index in [2.05, 4.69) is 39.8 Å².